The minimum absolute atomic E-state index is 0.214. The average Bonchev–Trinajstić information content (AvgIpc) is 2.24. The first kappa shape index (κ1) is 15.1. The fraction of sp³-hybridized carbons (Fsp3) is 0.500. The highest BCUT2D eigenvalue weighted by molar-refractivity contribution is 6.02. The van der Waals surface area contributed by atoms with Crippen molar-refractivity contribution in [1.29, 1.82) is 0 Å². The SMILES string of the molecule is COC(C)(C)CNC(=O)NC(=O)/C=C/C(=O)O. The first-order chi connectivity index (χ1) is 7.76. The molecule has 3 N–H and O–H groups in total. The van der Waals surface area contributed by atoms with Crippen LogP contribution in [0.3, 0.4) is 0 Å². The normalized spacial score (nSPS) is 11.2. The number of amides is 3. The smallest absolute Gasteiger partial charge is 0.328 e. The quantitative estimate of drug-likeness (QED) is 0.585. The van der Waals surface area contributed by atoms with Gasteiger partial charge in [0, 0.05) is 25.8 Å². The molecule has 17 heavy (non-hydrogen) atoms. The number of imide groups is 1. The van der Waals surface area contributed by atoms with Gasteiger partial charge in [-0.25, -0.2) is 9.59 Å². The third-order valence-corrected chi connectivity index (χ3v) is 1.84. The predicted molar refractivity (Wildman–Crippen MR) is 59.4 cm³/mol. The van der Waals surface area contributed by atoms with Crippen molar-refractivity contribution in [3.8, 4) is 0 Å². The Morgan fingerprint density at radius 3 is 2.35 bits per heavy atom. The maximum Gasteiger partial charge on any atom is 0.328 e. The van der Waals surface area contributed by atoms with Gasteiger partial charge in [-0.1, -0.05) is 0 Å². The Morgan fingerprint density at radius 2 is 1.88 bits per heavy atom. The van der Waals surface area contributed by atoms with E-state index in [1.54, 1.807) is 13.8 Å². The molecule has 0 aliphatic heterocycles. The number of carbonyl (C=O) groups is 3. The van der Waals surface area contributed by atoms with Crippen molar-refractivity contribution in [2.24, 2.45) is 0 Å². The fourth-order valence-electron chi connectivity index (χ4n) is 0.710. The Hall–Kier alpha value is -1.89. The van der Waals surface area contributed by atoms with Crippen molar-refractivity contribution < 1.29 is 24.2 Å². The minimum atomic E-state index is -1.26. The number of urea groups is 1. The highest BCUT2D eigenvalue weighted by Gasteiger charge is 2.17. The fourth-order valence-corrected chi connectivity index (χ4v) is 0.710. The number of aliphatic carboxylic acids is 1. The molecule has 0 aliphatic carbocycles. The van der Waals surface area contributed by atoms with Gasteiger partial charge in [0.2, 0.25) is 0 Å². The van der Waals surface area contributed by atoms with Crippen LogP contribution in [0.1, 0.15) is 13.8 Å². The predicted octanol–water partition coefficient (Wildman–Crippen LogP) is -0.122. The molecule has 96 valence electrons. The zero-order valence-corrected chi connectivity index (χ0v) is 9.94. The maximum absolute atomic E-state index is 11.2. The van der Waals surface area contributed by atoms with E-state index in [1.807, 2.05) is 5.32 Å². The lowest BCUT2D eigenvalue weighted by molar-refractivity contribution is -0.131. The van der Waals surface area contributed by atoms with Gasteiger partial charge >= 0.3 is 12.0 Å². The summed E-state index contributed by atoms with van der Waals surface area (Å²) in [6, 6.07) is -0.713. The third kappa shape index (κ3) is 7.97. The lowest BCUT2D eigenvalue weighted by Crippen LogP contribution is -2.45. The first-order valence-corrected chi connectivity index (χ1v) is 4.82. The van der Waals surface area contributed by atoms with E-state index < -0.39 is 23.5 Å². The molecule has 0 aromatic rings. The highest BCUT2D eigenvalue weighted by atomic mass is 16.5. The van der Waals surface area contributed by atoms with Gasteiger partial charge in [-0.05, 0) is 13.8 Å². The lowest BCUT2D eigenvalue weighted by Gasteiger charge is -2.22. The summed E-state index contributed by atoms with van der Waals surface area (Å²) >= 11 is 0. The maximum atomic E-state index is 11.2. The molecule has 0 aromatic heterocycles. The van der Waals surface area contributed by atoms with Crippen molar-refractivity contribution in [2.75, 3.05) is 13.7 Å². The number of carboxylic acid groups (broad SMARTS) is 1. The van der Waals surface area contributed by atoms with Crippen molar-refractivity contribution >= 4 is 17.9 Å². The zero-order chi connectivity index (χ0) is 13.5. The summed E-state index contributed by atoms with van der Waals surface area (Å²) in [5.41, 5.74) is -0.544. The van der Waals surface area contributed by atoms with E-state index >= 15 is 0 Å². The summed E-state index contributed by atoms with van der Waals surface area (Å²) in [7, 11) is 1.50. The molecule has 0 radical (unpaired) electrons. The second kappa shape index (κ2) is 6.64. The Morgan fingerprint density at radius 1 is 1.29 bits per heavy atom. The molecule has 7 nitrogen and oxygen atoms in total. The molecule has 0 spiro atoms. The molecule has 0 unspecified atom stereocenters. The highest BCUT2D eigenvalue weighted by Crippen LogP contribution is 2.04. The van der Waals surface area contributed by atoms with Crippen LogP contribution in [0.25, 0.3) is 0 Å². The first-order valence-electron chi connectivity index (χ1n) is 4.82. The number of methoxy groups -OCH3 is 1. The second-order valence-corrected chi connectivity index (χ2v) is 3.81. The molecule has 0 saturated heterocycles. The van der Waals surface area contributed by atoms with Gasteiger partial charge in [0.15, 0.2) is 0 Å². The van der Waals surface area contributed by atoms with E-state index in [9.17, 15) is 14.4 Å². The number of rotatable bonds is 5. The molecule has 0 aromatic carbocycles. The summed E-state index contributed by atoms with van der Waals surface area (Å²) in [6.45, 7) is 3.74. The molecule has 0 rings (SSSR count). The molecular formula is C10H16N2O5. The Balaban J connectivity index is 4.03. The number of ether oxygens (including phenoxy) is 1. The molecule has 0 atom stereocenters. The molecular weight excluding hydrogens is 228 g/mol. The molecule has 3 amide bonds. The number of hydrogen-bond acceptors (Lipinski definition) is 4. The van der Waals surface area contributed by atoms with E-state index in [0.29, 0.717) is 6.08 Å². The topological polar surface area (TPSA) is 105 Å². The van der Waals surface area contributed by atoms with Crippen LogP contribution in [0.15, 0.2) is 12.2 Å². The molecule has 0 bridgehead atoms. The lowest BCUT2D eigenvalue weighted by atomic mass is 10.1. The number of carboxylic acids is 1. The summed E-state index contributed by atoms with van der Waals surface area (Å²) in [4.78, 5) is 32.3. The summed E-state index contributed by atoms with van der Waals surface area (Å²) < 4.78 is 5.05. The standard InChI is InChI=1S/C10H16N2O5/c1-10(2,17-3)6-11-9(16)12-7(13)4-5-8(14)15/h4-5H,6H2,1-3H3,(H,14,15)(H2,11,12,13,16)/b5-4+. The van der Waals surface area contributed by atoms with Gasteiger partial charge < -0.3 is 15.2 Å². The van der Waals surface area contributed by atoms with Gasteiger partial charge in [0.05, 0.1) is 5.60 Å². The van der Waals surface area contributed by atoms with Crippen LogP contribution >= 0.6 is 0 Å². The van der Waals surface area contributed by atoms with Gasteiger partial charge in [-0.15, -0.1) is 0 Å². The van der Waals surface area contributed by atoms with Crippen molar-refractivity contribution in [1.82, 2.24) is 10.6 Å². The summed E-state index contributed by atoms with van der Waals surface area (Å²) in [6.07, 6.45) is 1.39. The summed E-state index contributed by atoms with van der Waals surface area (Å²) in [5, 5.41) is 12.6. The number of carbonyl (C=O) groups excluding carboxylic acids is 2. The molecule has 0 heterocycles. The molecule has 0 aliphatic rings. The largest absolute Gasteiger partial charge is 0.478 e. The second-order valence-electron chi connectivity index (χ2n) is 3.81. The van der Waals surface area contributed by atoms with Crippen LogP contribution in [-0.4, -0.2) is 42.3 Å². The van der Waals surface area contributed by atoms with Gasteiger partial charge in [-0.2, -0.15) is 0 Å². The average molecular weight is 244 g/mol. The van der Waals surface area contributed by atoms with E-state index in [4.69, 9.17) is 9.84 Å². The van der Waals surface area contributed by atoms with E-state index in [0.717, 1.165) is 6.08 Å². The Labute approximate surface area is 98.8 Å². The van der Waals surface area contributed by atoms with Gasteiger partial charge in [0.1, 0.15) is 0 Å². The van der Waals surface area contributed by atoms with Gasteiger partial charge in [-0.3, -0.25) is 10.1 Å². The zero-order valence-electron chi connectivity index (χ0n) is 9.94. The molecule has 0 fully saturated rings. The summed E-state index contributed by atoms with van der Waals surface area (Å²) in [5.74, 6) is -2.07. The van der Waals surface area contributed by atoms with Crippen molar-refractivity contribution in [2.45, 2.75) is 19.4 Å². The van der Waals surface area contributed by atoms with Crippen LogP contribution in [-0.2, 0) is 14.3 Å². The number of hydrogen-bond donors (Lipinski definition) is 3. The van der Waals surface area contributed by atoms with Crippen LogP contribution in [0.4, 0.5) is 4.79 Å². The Kier molecular flexibility index (Phi) is 5.90. The van der Waals surface area contributed by atoms with Crippen LogP contribution in [0.5, 0.6) is 0 Å². The van der Waals surface area contributed by atoms with E-state index in [2.05, 4.69) is 5.32 Å². The van der Waals surface area contributed by atoms with Crippen molar-refractivity contribution in [3.63, 3.8) is 0 Å². The Bertz CT molecular complexity index is 336. The minimum Gasteiger partial charge on any atom is -0.478 e. The number of nitrogens with one attached hydrogen (secondary N) is 2. The van der Waals surface area contributed by atoms with Crippen molar-refractivity contribution in [3.05, 3.63) is 12.2 Å². The van der Waals surface area contributed by atoms with E-state index in [-0.39, 0.29) is 6.54 Å². The monoisotopic (exact) mass is 244 g/mol. The third-order valence-electron chi connectivity index (χ3n) is 1.84. The van der Waals surface area contributed by atoms with Crippen LogP contribution < -0.4 is 10.6 Å². The van der Waals surface area contributed by atoms with Crippen LogP contribution in [0, 0.1) is 0 Å². The van der Waals surface area contributed by atoms with Gasteiger partial charge in [0.25, 0.3) is 5.91 Å². The van der Waals surface area contributed by atoms with Crippen LogP contribution in [0.2, 0.25) is 0 Å². The van der Waals surface area contributed by atoms with E-state index in [1.165, 1.54) is 7.11 Å². The molecule has 0 saturated carbocycles. The molecule has 7 heteroatoms.